The lowest BCUT2D eigenvalue weighted by Gasteiger charge is -2.22. The maximum absolute atomic E-state index is 12.2. The number of rotatable bonds is 3. The van der Waals surface area contributed by atoms with Crippen LogP contribution in [0.4, 0.5) is 5.69 Å². The van der Waals surface area contributed by atoms with Crippen LogP contribution in [0.2, 0.25) is 10.0 Å². The predicted molar refractivity (Wildman–Crippen MR) is 80.1 cm³/mol. The van der Waals surface area contributed by atoms with Crippen LogP contribution >= 0.6 is 23.2 Å². The van der Waals surface area contributed by atoms with Crippen molar-refractivity contribution in [1.82, 2.24) is 0 Å². The van der Waals surface area contributed by atoms with E-state index in [1.165, 1.54) is 43.6 Å². The molecule has 0 bridgehead atoms. The van der Waals surface area contributed by atoms with Gasteiger partial charge in [-0.25, -0.2) is 0 Å². The van der Waals surface area contributed by atoms with E-state index in [9.17, 15) is 15.1 Å². The van der Waals surface area contributed by atoms with Gasteiger partial charge >= 0.3 is 0 Å². The van der Waals surface area contributed by atoms with Crippen LogP contribution in [0.3, 0.4) is 0 Å². The summed E-state index contributed by atoms with van der Waals surface area (Å²) in [6, 6.07) is 7.34. The first kappa shape index (κ1) is 15.6. The third-order valence-corrected chi connectivity index (χ3v) is 3.72. The van der Waals surface area contributed by atoms with Gasteiger partial charge < -0.3 is 15.6 Å². The number of carbonyl (C=O) groups excluding carboxylic acids is 1. The van der Waals surface area contributed by atoms with Gasteiger partial charge in [0.05, 0.1) is 10.0 Å². The Morgan fingerprint density at radius 1 is 1.24 bits per heavy atom. The number of anilines is 1. The molecule has 2 N–H and O–H groups in total. The third-order valence-electron chi connectivity index (χ3n) is 2.98. The number of hydrogen-bond donors (Lipinski definition) is 2. The summed E-state index contributed by atoms with van der Waals surface area (Å²) in [7, 11) is 0. The summed E-state index contributed by atoms with van der Waals surface area (Å²) in [5.41, 5.74) is -1.09. The molecule has 1 unspecified atom stereocenters. The van der Waals surface area contributed by atoms with Gasteiger partial charge in [-0.2, -0.15) is 4.73 Å². The van der Waals surface area contributed by atoms with Crippen molar-refractivity contribution in [3.63, 3.8) is 0 Å². The van der Waals surface area contributed by atoms with Crippen molar-refractivity contribution in [1.29, 1.82) is 0 Å². The Hall–Kier alpha value is -1.82. The quantitative estimate of drug-likeness (QED) is 0.672. The molecule has 0 aliphatic heterocycles. The second-order valence-corrected chi connectivity index (χ2v) is 5.42. The summed E-state index contributed by atoms with van der Waals surface area (Å²) in [4.78, 5) is 12.2. The van der Waals surface area contributed by atoms with Crippen molar-refractivity contribution in [3.8, 4) is 0 Å². The molecule has 1 aromatic carbocycles. The number of nitrogens with one attached hydrogen (secondary N) is 1. The number of benzene rings is 1. The Morgan fingerprint density at radius 2 is 1.86 bits per heavy atom. The number of amides is 1. The number of halogens is 2. The molecule has 1 atom stereocenters. The largest absolute Gasteiger partial charge is 0.619 e. The Balaban J connectivity index is 2.21. The van der Waals surface area contributed by atoms with Crippen LogP contribution in [-0.4, -0.2) is 11.0 Å². The predicted octanol–water partition coefficient (Wildman–Crippen LogP) is 2.47. The van der Waals surface area contributed by atoms with Gasteiger partial charge in [0.25, 0.3) is 5.91 Å². The van der Waals surface area contributed by atoms with E-state index < -0.39 is 11.5 Å². The molecule has 5 nitrogen and oxygen atoms in total. The second kappa shape index (κ2) is 5.89. The van der Waals surface area contributed by atoms with Crippen LogP contribution < -0.4 is 10.0 Å². The molecule has 0 aliphatic carbocycles. The molecule has 1 aromatic heterocycles. The summed E-state index contributed by atoms with van der Waals surface area (Å²) >= 11 is 11.7. The summed E-state index contributed by atoms with van der Waals surface area (Å²) in [6.07, 6.45) is 2.41. The monoisotopic (exact) mass is 326 g/mol. The van der Waals surface area contributed by atoms with Crippen molar-refractivity contribution < 1.29 is 14.6 Å². The fourth-order valence-electron chi connectivity index (χ4n) is 1.70. The Morgan fingerprint density at radius 3 is 2.43 bits per heavy atom. The molecular formula is C14H12Cl2N2O3. The van der Waals surface area contributed by atoms with E-state index in [4.69, 9.17) is 23.2 Å². The summed E-state index contributed by atoms with van der Waals surface area (Å²) < 4.78 is 0.566. The van der Waals surface area contributed by atoms with E-state index in [-0.39, 0.29) is 0 Å². The maximum atomic E-state index is 12.2. The molecule has 0 radical (unpaired) electrons. The van der Waals surface area contributed by atoms with Gasteiger partial charge in [0, 0.05) is 23.4 Å². The molecule has 0 fully saturated rings. The van der Waals surface area contributed by atoms with Crippen LogP contribution in [0.15, 0.2) is 42.7 Å². The minimum Gasteiger partial charge on any atom is -0.619 e. The third kappa shape index (κ3) is 3.44. The van der Waals surface area contributed by atoms with Crippen LogP contribution in [0.25, 0.3) is 0 Å². The summed E-state index contributed by atoms with van der Waals surface area (Å²) in [5.74, 6) is -0.649. The number of nitrogens with zero attached hydrogens (tertiary/aromatic N) is 1. The highest BCUT2D eigenvalue weighted by molar-refractivity contribution is 6.42. The molecule has 1 amide bonds. The zero-order valence-electron chi connectivity index (χ0n) is 11.0. The zero-order valence-corrected chi connectivity index (χ0v) is 12.5. The molecule has 0 saturated heterocycles. The molecule has 21 heavy (non-hydrogen) atoms. The molecule has 2 aromatic rings. The van der Waals surface area contributed by atoms with E-state index in [0.717, 1.165) is 0 Å². The number of aliphatic hydroxyl groups is 1. The zero-order chi connectivity index (χ0) is 15.6. The van der Waals surface area contributed by atoms with Crippen LogP contribution in [0.5, 0.6) is 0 Å². The first-order chi connectivity index (χ1) is 9.80. The lowest BCUT2D eigenvalue weighted by molar-refractivity contribution is -0.605. The highest BCUT2D eigenvalue weighted by Crippen LogP contribution is 2.27. The minimum atomic E-state index is -1.79. The van der Waals surface area contributed by atoms with Gasteiger partial charge in [-0.1, -0.05) is 23.2 Å². The van der Waals surface area contributed by atoms with Crippen LogP contribution in [0.1, 0.15) is 12.5 Å². The van der Waals surface area contributed by atoms with E-state index in [0.29, 0.717) is 26.0 Å². The van der Waals surface area contributed by atoms with E-state index in [2.05, 4.69) is 5.32 Å². The smallest absolute Gasteiger partial charge is 0.260 e. The SMILES string of the molecule is CC(O)(C(=O)Nc1ccc(Cl)c(Cl)c1)c1cc[n+]([O-])cc1. The molecular weight excluding hydrogens is 315 g/mol. The van der Waals surface area contributed by atoms with Crippen molar-refractivity contribution >= 4 is 34.8 Å². The van der Waals surface area contributed by atoms with Gasteiger partial charge in [-0.05, 0) is 25.1 Å². The second-order valence-electron chi connectivity index (χ2n) is 4.60. The number of pyridine rings is 1. The normalized spacial score (nSPS) is 13.5. The van der Waals surface area contributed by atoms with Gasteiger partial charge in [0.2, 0.25) is 0 Å². The number of hydrogen-bond acceptors (Lipinski definition) is 3. The van der Waals surface area contributed by atoms with Gasteiger partial charge in [0.1, 0.15) is 0 Å². The fourth-order valence-corrected chi connectivity index (χ4v) is 1.99. The molecule has 0 saturated carbocycles. The van der Waals surface area contributed by atoms with Crippen molar-refractivity contribution in [2.24, 2.45) is 0 Å². The van der Waals surface area contributed by atoms with Crippen molar-refractivity contribution in [2.45, 2.75) is 12.5 Å². The molecule has 7 heteroatoms. The molecule has 2 rings (SSSR count). The topological polar surface area (TPSA) is 76.3 Å². The maximum Gasteiger partial charge on any atom is 0.260 e. The highest BCUT2D eigenvalue weighted by atomic mass is 35.5. The summed E-state index contributed by atoms with van der Waals surface area (Å²) in [6.45, 7) is 1.34. The Kier molecular flexibility index (Phi) is 4.37. The van der Waals surface area contributed by atoms with Gasteiger partial charge in [0.15, 0.2) is 18.0 Å². The Bertz CT molecular complexity index is 672. The molecule has 110 valence electrons. The lowest BCUT2D eigenvalue weighted by Crippen LogP contribution is -2.38. The molecule has 1 heterocycles. The van der Waals surface area contributed by atoms with Crippen molar-refractivity contribution in [2.75, 3.05) is 5.32 Å². The fraction of sp³-hybridized carbons (Fsp3) is 0.143. The standard InChI is InChI=1S/C14H12Cl2N2O3/c1-14(20,9-4-6-18(21)7-5-9)13(19)17-10-2-3-11(15)12(16)8-10/h2-8,20H,1H3,(H,17,19). The molecule has 0 aliphatic rings. The van der Waals surface area contributed by atoms with Crippen LogP contribution in [0, 0.1) is 5.21 Å². The average molecular weight is 327 g/mol. The highest BCUT2D eigenvalue weighted by Gasteiger charge is 2.33. The van der Waals surface area contributed by atoms with Crippen molar-refractivity contribution in [3.05, 3.63) is 63.5 Å². The first-order valence-electron chi connectivity index (χ1n) is 5.99. The first-order valence-corrected chi connectivity index (χ1v) is 6.74. The Labute approximate surface area is 131 Å². The van der Waals surface area contributed by atoms with E-state index in [1.807, 2.05) is 0 Å². The van der Waals surface area contributed by atoms with E-state index >= 15 is 0 Å². The molecule has 0 spiro atoms. The minimum absolute atomic E-state index is 0.293. The lowest BCUT2D eigenvalue weighted by atomic mass is 9.96. The number of aromatic nitrogens is 1. The van der Waals surface area contributed by atoms with Crippen LogP contribution in [-0.2, 0) is 10.4 Å². The van der Waals surface area contributed by atoms with Gasteiger partial charge in [-0.3, -0.25) is 4.79 Å². The number of carbonyl (C=O) groups is 1. The summed E-state index contributed by atoms with van der Waals surface area (Å²) in [5, 5.41) is 24.5. The van der Waals surface area contributed by atoms with E-state index in [1.54, 1.807) is 6.07 Å². The average Bonchev–Trinajstić information content (AvgIpc) is 2.43. The van der Waals surface area contributed by atoms with Gasteiger partial charge in [-0.15, -0.1) is 0 Å².